The van der Waals surface area contributed by atoms with E-state index in [-0.39, 0.29) is 17.7 Å². The highest BCUT2D eigenvalue weighted by molar-refractivity contribution is 14.1. The molecule has 1 unspecified atom stereocenters. The summed E-state index contributed by atoms with van der Waals surface area (Å²) in [7, 11) is 0. The van der Waals surface area contributed by atoms with Gasteiger partial charge in [-0.15, -0.1) is 0 Å². The van der Waals surface area contributed by atoms with Crippen molar-refractivity contribution in [2.75, 3.05) is 0 Å². The SMILES string of the molecule is CC(C)C(N)C(=O)Cc1ccc(I)cc1. The fourth-order valence-electron chi connectivity index (χ4n) is 1.29. The first-order chi connectivity index (χ1) is 7.00. The van der Waals surface area contributed by atoms with Crippen molar-refractivity contribution < 1.29 is 4.79 Å². The predicted molar refractivity (Wildman–Crippen MR) is 70.7 cm³/mol. The zero-order valence-corrected chi connectivity index (χ0v) is 11.2. The van der Waals surface area contributed by atoms with Gasteiger partial charge in [-0.1, -0.05) is 26.0 Å². The van der Waals surface area contributed by atoms with Gasteiger partial charge < -0.3 is 5.73 Å². The maximum Gasteiger partial charge on any atom is 0.154 e. The van der Waals surface area contributed by atoms with Crippen molar-refractivity contribution in [3.63, 3.8) is 0 Å². The van der Waals surface area contributed by atoms with Crippen LogP contribution in [0, 0.1) is 9.49 Å². The minimum absolute atomic E-state index is 0.117. The Labute approximate surface area is 104 Å². The number of halogens is 1. The van der Waals surface area contributed by atoms with Gasteiger partial charge in [-0.3, -0.25) is 4.79 Å². The van der Waals surface area contributed by atoms with Gasteiger partial charge in [0.2, 0.25) is 0 Å². The molecule has 0 saturated carbocycles. The number of hydrogen-bond donors (Lipinski definition) is 1. The molecule has 1 atom stereocenters. The molecule has 0 heterocycles. The molecule has 0 aliphatic carbocycles. The minimum Gasteiger partial charge on any atom is -0.321 e. The summed E-state index contributed by atoms with van der Waals surface area (Å²) >= 11 is 2.24. The second-order valence-corrected chi connectivity index (χ2v) is 5.28. The summed E-state index contributed by atoms with van der Waals surface area (Å²) in [5.41, 5.74) is 6.83. The number of ketones is 1. The molecule has 1 aromatic rings. The van der Waals surface area contributed by atoms with E-state index >= 15 is 0 Å². The largest absolute Gasteiger partial charge is 0.321 e. The van der Waals surface area contributed by atoms with E-state index in [1.54, 1.807) is 0 Å². The molecule has 2 N–H and O–H groups in total. The van der Waals surface area contributed by atoms with E-state index in [0.29, 0.717) is 6.42 Å². The third-order valence-corrected chi connectivity index (χ3v) is 3.10. The van der Waals surface area contributed by atoms with Crippen molar-refractivity contribution in [3.05, 3.63) is 33.4 Å². The first-order valence-corrected chi connectivity index (χ1v) is 6.11. The van der Waals surface area contributed by atoms with E-state index in [2.05, 4.69) is 22.6 Å². The van der Waals surface area contributed by atoms with Gasteiger partial charge in [-0.25, -0.2) is 0 Å². The number of hydrogen-bond acceptors (Lipinski definition) is 2. The molecule has 1 aromatic carbocycles. The number of benzene rings is 1. The van der Waals surface area contributed by atoms with Gasteiger partial charge >= 0.3 is 0 Å². The molecule has 0 aliphatic heterocycles. The predicted octanol–water partition coefficient (Wildman–Crippen LogP) is 2.39. The second kappa shape index (κ2) is 5.61. The van der Waals surface area contributed by atoms with Crippen LogP contribution in [0.25, 0.3) is 0 Å². The van der Waals surface area contributed by atoms with Crippen molar-refractivity contribution in [2.45, 2.75) is 26.3 Å². The summed E-state index contributed by atoms with van der Waals surface area (Å²) in [5, 5.41) is 0. The fourth-order valence-corrected chi connectivity index (χ4v) is 1.65. The van der Waals surface area contributed by atoms with Gasteiger partial charge in [0.25, 0.3) is 0 Å². The standard InChI is InChI=1S/C12H16INO/c1-8(2)12(14)11(15)7-9-3-5-10(13)6-4-9/h3-6,8,12H,7,14H2,1-2H3. The van der Waals surface area contributed by atoms with Crippen molar-refractivity contribution in [2.24, 2.45) is 11.7 Å². The second-order valence-electron chi connectivity index (χ2n) is 4.04. The Balaban J connectivity index is 2.62. The number of rotatable bonds is 4. The van der Waals surface area contributed by atoms with Crippen LogP contribution < -0.4 is 5.73 Å². The van der Waals surface area contributed by atoms with Crippen molar-refractivity contribution in [1.82, 2.24) is 0 Å². The molecule has 0 saturated heterocycles. The third-order valence-electron chi connectivity index (χ3n) is 2.38. The van der Waals surface area contributed by atoms with E-state index in [1.165, 1.54) is 3.57 Å². The van der Waals surface area contributed by atoms with Gasteiger partial charge in [0.15, 0.2) is 5.78 Å². The van der Waals surface area contributed by atoms with Gasteiger partial charge in [0, 0.05) is 9.99 Å². The molecule has 1 rings (SSSR count). The Bertz CT molecular complexity index is 332. The average molecular weight is 317 g/mol. The maximum atomic E-state index is 11.7. The van der Waals surface area contributed by atoms with Crippen LogP contribution in [0.3, 0.4) is 0 Å². The van der Waals surface area contributed by atoms with Crippen molar-refractivity contribution >= 4 is 28.4 Å². The van der Waals surface area contributed by atoms with Gasteiger partial charge in [-0.05, 0) is 46.2 Å². The molecule has 82 valence electrons. The molecule has 2 nitrogen and oxygen atoms in total. The van der Waals surface area contributed by atoms with Crippen molar-refractivity contribution in [3.8, 4) is 0 Å². The monoisotopic (exact) mass is 317 g/mol. The maximum absolute atomic E-state index is 11.7. The van der Waals surface area contributed by atoms with Crippen LogP contribution >= 0.6 is 22.6 Å². The van der Waals surface area contributed by atoms with E-state index in [9.17, 15) is 4.79 Å². The quantitative estimate of drug-likeness (QED) is 0.867. The summed E-state index contributed by atoms with van der Waals surface area (Å²) in [6.45, 7) is 3.94. The fraction of sp³-hybridized carbons (Fsp3) is 0.417. The zero-order valence-electron chi connectivity index (χ0n) is 9.03. The summed E-state index contributed by atoms with van der Waals surface area (Å²) in [5.74, 6) is 0.326. The van der Waals surface area contributed by atoms with Crippen molar-refractivity contribution in [1.29, 1.82) is 0 Å². The smallest absolute Gasteiger partial charge is 0.154 e. The van der Waals surface area contributed by atoms with E-state index in [0.717, 1.165) is 5.56 Å². The molecular formula is C12H16INO. The van der Waals surface area contributed by atoms with Gasteiger partial charge in [0.05, 0.1) is 6.04 Å². The Morgan fingerprint density at radius 2 is 1.87 bits per heavy atom. The summed E-state index contributed by atoms with van der Waals surface area (Å²) in [6.07, 6.45) is 0.441. The molecule has 3 heteroatoms. The average Bonchev–Trinajstić information content (AvgIpc) is 2.20. The molecule has 0 spiro atoms. The lowest BCUT2D eigenvalue weighted by molar-refractivity contribution is -0.120. The first kappa shape index (κ1) is 12.6. The van der Waals surface area contributed by atoms with Crippen LogP contribution in [-0.4, -0.2) is 11.8 Å². The Kier molecular flexibility index (Phi) is 4.73. The number of nitrogens with two attached hydrogens (primary N) is 1. The molecule has 0 radical (unpaired) electrons. The van der Waals surface area contributed by atoms with E-state index < -0.39 is 0 Å². The summed E-state index contributed by atoms with van der Waals surface area (Å²) in [4.78, 5) is 11.7. The Hall–Kier alpha value is -0.420. The Morgan fingerprint density at radius 3 is 2.33 bits per heavy atom. The number of carbonyl (C=O) groups excluding carboxylic acids is 1. The van der Waals surface area contributed by atoms with Gasteiger partial charge in [-0.2, -0.15) is 0 Å². The molecule has 0 fully saturated rings. The van der Waals surface area contributed by atoms with Crippen LogP contribution in [0.1, 0.15) is 19.4 Å². The van der Waals surface area contributed by atoms with Crippen LogP contribution in [-0.2, 0) is 11.2 Å². The molecular weight excluding hydrogens is 301 g/mol. The molecule has 0 aromatic heterocycles. The summed E-state index contributed by atoms with van der Waals surface area (Å²) < 4.78 is 1.18. The van der Waals surface area contributed by atoms with Crippen LogP contribution in [0.15, 0.2) is 24.3 Å². The molecule has 15 heavy (non-hydrogen) atoms. The lowest BCUT2D eigenvalue weighted by atomic mass is 9.96. The highest BCUT2D eigenvalue weighted by Gasteiger charge is 2.16. The zero-order chi connectivity index (χ0) is 11.4. The van der Waals surface area contributed by atoms with E-state index in [1.807, 2.05) is 38.1 Å². The lowest BCUT2D eigenvalue weighted by Crippen LogP contribution is -2.36. The highest BCUT2D eigenvalue weighted by Crippen LogP contribution is 2.09. The van der Waals surface area contributed by atoms with Gasteiger partial charge in [0.1, 0.15) is 0 Å². The Morgan fingerprint density at radius 1 is 1.33 bits per heavy atom. The lowest BCUT2D eigenvalue weighted by Gasteiger charge is -2.13. The molecule has 0 amide bonds. The number of carbonyl (C=O) groups is 1. The molecule has 0 bridgehead atoms. The van der Waals surface area contributed by atoms with Crippen LogP contribution in [0.4, 0.5) is 0 Å². The van der Waals surface area contributed by atoms with E-state index in [4.69, 9.17) is 5.73 Å². The minimum atomic E-state index is -0.343. The number of Topliss-reactive ketones (excluding diaryl/α,β-unsaturated/α-hetero) is 1. The summed E-state index contributed by atoms with van der Waals surface area (Å²) in [6, 6.07) is 7.62. The molecule has 0 aliphatic rings. The highest BCUT2D eigenvalue weighted by atomic mass is 127. The topological polar surface area (TPSA) is 43.1 Å². The van der Waals surface area contributed by atoms with Crippen LogP contribution in [0.5, 0.6) is 0 Å². The normalized spacial score (nSPS) is 12.9. The third kappa shape index (κ3) is 3.91. The first-order valence-electron chi connectivity index (χ1n) is 5.03. The van der Waals surface area contributed by atoms with Crippen LogP contribution in [0.2, 0.25) is 0 Å².